The first-order valence-electron chi connectivity index (χ1n) is 11.0. The SMILES string of the molecule is Nc1ccc2nc(-c3ccc(/C=C/c4ccc(-c5nc6ccc(N)cc6[nH]5)cc4)cc3)[nH]c2c1. The number of hydrogen-bond donors (Lipinski definition) is 4. The standard InChI is InChI=1S/C28H22N6/c29-21-11-13-23-25(15-21)33-27(31-23)19-7-3-17(4-8-19)1-2-18-5-9-20(10-6-18)28-32-24-14-12-22(30)16-26(24)34-28/h1-16H,29-30H2,(H,31,33)(H,32,34)/b2-1+. The first kappa shape index (κ1) is 19.8. The van der Waals surface area contributed by atoms with Gasteiger partial charge >= 0.3 is 0 Å². The molecule has 6 nitrogen and oxygen atoms in total. The number of aromatic nitrogens is 4. The number of rotatable bonds is 4. The zero-order valence-electron chi connectivity index (χ0n) is 18.3. The molecule has 0 saturated heterocycles. The van der Waals surface area contributed by atoms with E-state index in [4.69, 9.17) is 11.5 Å². The average Bonchev–Trinajstić information content (AvgIpc) is 3.47. The smallest absolute Gasteiger partial charge is 0.138 e. The molecular weight excluding hydrogens is 420 g/mol. The van der Waals surface area contributed by atoms with Crippen molar-refractivity contribution in [1.29, 1.82) is 0 Å². The van der Waals surface area contributed by atoms with Crippen molar-refractivity contribution in [1.82, 2.24) is 19.9 Å². The van der Waals surface area contributed by atoms with Crippen LogP contribution in [0.2, 0.25) is 0 Å². The highest BCUT2D eigenvalue weighted by Gasteiger charge is 2.07. The maximum atomic E-state index is 5.87. The molecule has 0 unspecified atom stereocenters. The molecule has 0 spiro atoms. The number of nitrogen functional groups attached to an aromatic ring is 2. The van der Waals surface area contributed by atoms with Gasteiger partial charge < -0.3 is 21.4 Å². The number of imidazole rings is 2. The van der Waals surface area contributed by atoms with E-state index in [1.54, 1.807) is 0 Å². The van der Waals surface area contributed by atoms with Gasteiger partial charge in [-0.25, -0.2) is 9.97 Å². The largest absolute Gasteiger partial charge is 0.399 e. The Labute approximate surface area is 196 Å². The van der Waals surface area contributed by atoms with Gasteiger partial charge in [0.15, 0.2) is 0 Å². The fourth-order valence-corrected chi connectivity index (χ4v) is 4.02. The number of fused-ring (bicyclic) bond motifs is 2. The van der Waals surface area contributed by atoms with Crippen LogP contribution in [0.15, 0.2) is 84.9 Å². The predicted molar refractivity (Wildman–Crippen MR) is 141 cm³/mol. The minimum atomic E-state index is 0.721. The highest BCUT2D eigenvalue weighted by atomic mass is 14.9. The lowest BCUT2D eigenvalue weighted by molar-refractivity contribution is 1.33. The second-order valence-corrected chi connectivity index (χ2v) is 8.30. The highest BCUT2D eigenvalue weighted by molar-refractivity contribution is 5.83. The highest BCUT2D eigenvalue weighted by Crippen LogP contribution is 2.24. The molecule has 6 heteroatoms. The maximum absolute atomic E-state index is 5.87. The molecule has 2 aromatic heterocycles. The van der Waals surface area contributed by atoms with Crippen molar-refractivity contribution >= 4 is 45.6 Å². The number of nitrogens with two attached hydrogens (primary N) is 2. The third-order valence-corrected chi connectivity index (χ3v) is 5.85. The van der Waals surface area contributed by atoms with Crippen LogP contribution in [0.25, 0.3) is 57.0 Å². The van der Waals surface area contributed by atoms with Crippen LogP contribution < -0.4 is 11.5 Å². The van der Waals surface area contributed by atoms with Gasteiger partial charge in [0.05, 0.1) is 22.1 Å². The van der Waals surface area contributed by atoms with Crippen molar-refractivity contribution in [3.8, 4) is 22.8 Å². The van der Waals surface area contributed by atoms with E-state index in [0.717, 1.165) is 67.3 Å². The minimum Gasteiger partial charge on any atom is -0.399 e. The van der Waals surface area contributed by atoms with Gasteiger partial charge in [0.2, 0.25) is 0 Å². The maximum Gasteiger partial charge on any atom is 0.138 e. The van der Waals surface area contributed by atoms with Gasteiger partial charge in [-0.2, -0.15) is 0 Å². The molecule has 164 valence electrons. The number of nitrogens with zero attached hydrogens (tertiary/aromatic N) is 2. The Hall–Kier alpha value is -4.84. The van der Waals surface area contributed by atoms with Crippen molar-refractivity contribution < 1.29 is 0 Å². The van der Waals surface area contributed by atoms with E-state index >= 15 is 0 Å². The molecule has 0 amide bonds. The normalized spacial score (nSPS) is 11.6. The number of hydrogen-bond acceptors (Lipinski definition) is 4. The second-order valence-electron chi connectivity index (χ2n) is 8.30. The van der Waals surface area contributed by atoms with E-state index in [2.05, 4.69) is 80.6 Å². The van der Waals surface area contributed by atoms with Crippen LogP contribution in [-0.4, -0.2) is 19.9 Å². The van der Waals surface area contributed by atoms with Crippen molar-refractivity contribution in [2.45, 2.75) is 0 Å². The first-order chi connectivity index (χ1) is 16.6. The summed E-state index contributed by atoms with van der Waals surface area (Å²) in [7, 11) is 0. The van der Waals surface area contributed by atoms with Gasteiger partial charge in [-0.1, -0.05) is 60.7 Å². The summed E-state index contributed by atoms with van der Waals surface area (Å²) in [5.41, 5.74) is 21.2. The summed E-state index contributed by atoms with van der Waals surface area (Å²) in [6.07, 6.45) is 4.20. The molecule has 0 bridgehead atoms. The number of nitrogens with one attached hydrogen (secondary N) is 2. The van der Waals surface area contributed by atoms with E-state index in [0.29, 0.717) is 0 Å². The average molecular weight is 443 g/mol. The molecule has 2 heterocycles. The molecule has 0 radical (unpaired) electrons. The molecule has 0 atom stereocenters. The predicted octanol–water partition coefficient (Wildman–Crippen LogP) is 6.11. The summed E-state index contributed by atoms with van der Waals surface area (Å²) in [5, 5.41) is 0. The first-order valence-corrected chi connectivity index (χ1v) is 11.0. The molecule has 0 fully saturated rings. The molecule has 34 heavy (non-hydrogen) atoms. The molecule has 6 aromatic rings. The van der Waals surface area contributed by atoms with Crippen LogP contribution in [-0.2, 0) is 0 Å². The van der Waals surface area contributed by atoms with Crippen molar-refractivity contribution in [3.63, 3.8) is 0 Å². The Morgan fingerprint density at radius 1 is 0.529 bits per heavy atom. The summed E-state index contributed by atoms with van der Waals surface area (Å²) >= 11 is 0. The van der Waals surface area contributed by atoms with E-state index in [1.807, 2.05) is 36.4 Å². The summed E-state index contributed by atoms with van der Waals surface area (Å²) < 4.78 is 0. The molecule has 0 aliphatic carbocycles. The van der Waals surface area contributed by atoms with Crippen molar-refractivity contribution in [3.05, 3.63) is 96.1 Å². The third-order valence-electron chi connectivity index (χ3n) is 5.85. The number of anilines is 2. The molecule has 4 aromatic carbocycles. The van der Waals surface area contributed by atoms with Crippen molar-refractivity contribution in [2.75, 3.05) is 11.5 Å². The van der Waals surface area contributed by atoms with E-state index < -0.39 is 0 Å². The van der Waals surface area contributed by atoms with Crippen LogP contribution in [0.5, 0.6) is 0 Å². The van der Waals surface area contributed by atoms with E-state index in [-0.39, 0.29) is 0 Å². The van der Waals surface area contributed by atoms with E-state index in [9.17, 15) is 0 Å². The summed E-state index contributed by atoms with van der Waals surface area (Å²) in [5.74, 6) is 1.67. The van der Waals surface area contributed by atoms with Crippen LogP contribution in [0.3, 0.4) is 0 Å². The minimum absolute atomic E-state index is 0.721. The molecule has 0 aliphatic heterocycles. The van der Waals surface area contributed by atoms with E-state index in [1.165, 1.54) is 0 Å². The van der Waals surface area contributed by atoms with Gasteiger partial charge in [-0.15, -0.1) is 0 Å². The summed E-state index contributed by atoms with van der Waals surface area (Å²) in [6.45, 7) is 0. The van der Waals surface area contributed by atoms with Crippen molar-refractivity contribution in [2.24, 2.45) is 0 Å². The van der Waals surface area contributed by atoms with Gasteiger partial charge in [0.1, 0.15) is 11.6 Å². The quantitative estimate of drug-likeness (QED) is 0.195. The lowest BCUT2D eigenvalue weighted by Gasteiger charge is -2.00. The van der Waals surface area contributed by atoms with Gasteiger partial charge in [0, 0.05) is 22.5 Å². The summed E-state index contributed by atoms with van der Waals surface area (Å²) in [6, 6.07) is 28.0. The molecule has 0 aliphatic rings. The third kappa shape index (κ3) is 3.78. The lowest BCUT2D eigenvalue weighted by Crippen LogP contribution is -1.82. The Morgan fingerprint density at radius 2 is 0.941 bits per heavy atom. The molecule has 6 rings (SSSR count). The topological polar surface area (TPSA) is 109 Å². The van der Waals surface area contributed by atoms with Gasteiger partial charge in [-0.3, -0.25) is 0 Å². The Kier molecular flexibility index (Phi) is 4.63. The monoisotopic (exact) mass is 442 g/mol. The van der Waals surface area contributed by atoms with Crippen LogP contribution in [0, 0.1) is 0 Å². The zero-order valence-corrected chi connectivity index (χ0v) is 18.3. The Balaban J connectivity index is 1.18. The number of aromatic amines is 2. The molecular formula is C28H22N6. The summed E-state index contributed by atoms with van der Waals surface area (Å²) in [4.78, 5) is 16.0. The number of H-pyrrole nitrogens is 2. The Bertz CT molecular complexity index is 1530. The fourth-order valence-electron chi connectivity index (χ4n) is 4.02. The fraction of sp³-hybridized carbons (Fsp3) is 0. The Morgan fingerprint density at radius 3 is 1.35 bits per heavy atom. The van der Waals surface area contributed by atoms with Gasteiger partial charge in [0.25, 0.3) is 0 Å². The lowest BCUT2D eigenvalue weighted by atomic mass is 10.1. The molecule has 0 saturated carbocycles. The number of benzene rings is 4. The van der Waals surface area contributed by atoms with Crippen LogP contribution in [0.1, 0.15) is 11.1 Å². The zero-order chi connectivity index (χ0) is 23.1. The second kappa shape index (κ2) is 7.94. The molecule has 6 N–H and O–H groups in total. The van der Waals surface area contributed by atoms with Crippen LogP contribution >= 0.6 is 0 Å². The van der Waals surface area contributed by atoms with Crippen LogP contribution in [0.4, 0.5) is 11.4 Å². The van der Waals surface area contributed by atoms with Gasteiger partial charge in [-0.05, 0) is 47.5 Å².